The van der Waals surface area contributed by atoms with Crippen molar-refractivity contribution in [2.45, 2.75) is 70.3 Å². The molecule has 4 heteroatoms. The summed E-state index contributed by atoms with van der Waals surface area (Å²) in [6.07, 6.45) is 12.0. The van der Waals surface area contributed by atoms with Crippen LogP contribution in [0.1, 0.15) is 69.5 Å². The zero-order valence-corrected chi connectivity index (χ0v) is 12.6. The molecule has 0 saturated heterocycles. The molecule has 0 aliphatic heterocycles. The molecule has 1 heterocycles. The monoisotopic (exact) mass is 285 g/mol. The van der Waals surface area contributed by atoms with Crippen molar-refractivity contribution in [1.29, 1.82) is 5.26 Å². The first-order valence-corrected chi connectivity index (χ1v) is 8.22. The lowest BCUT2D eigenvalue weighted by atomic mass is 9.71. The van der Waals surface area contributed by atoms with E-state index in [0.717, 1.165) is 18.5 Å². The molecule has 0 amide bonds. The molecular weight excluding hydrogens is 262 g/mol. The lowest BCUT2D eigenvalue weighted by molar-refractivity contribution is -0.128. The Bertz CT molecular complexity index is 551. The molecule has 0 radical (unpaired) electrons. The summed E-state index contributed by atoms with van der Waals surface area (Å²) in [4.78, 5) is 12.2. The average Bonchev–Trinajstić information content (AvgIpc) is 2.99. The summed E-state index contributed by atoms with van der Waals surface area (Å²) in [6.45, 7) is 0. The number of rotatable bonds is 3. The van der Waals surface area contributed by atoms with Crippen molar-refractivity contribution < 1.29 is 4.79 Å². The van der Waals surface area contributed by atoms with Gasteiger partial charge in [-0.05, 0) is 31.7 Å². The van der Waals surface area contributed by atoms with Crippen molar-refractivity contribution >= 4 is 5.78 Å². The number of ketones is 1. The molecule has 1 aromatic rings. The van der Waals surface area contributed by atoms with Crippen LogP contribution in [0.2, 0.25) is 0 Å². The quantitative estimate of drug-likeness (QED) is 0.852. The summed E-state index contributed by atoms with van der Waals surface area (Å²) in [5, 5.41) is 14.2. The van der Waals surface area contributed by atoms with Crippen LogP contribution in [0.3, 0.4) is 0 Å². The first-order chi connectivity index (χ1) is 10.2. The molecule has 0 spiro atoms. The van der Waals surface area contributed by atoms with Crippen molar-refractivity contribution in [3.8, 4) is 6.07 Å². The van der Waals surface area contributed by atoms with Gasteiger partial charge in [0.2, 0.25) is 0 Å². The Morgan fingerprint density at radius 1 is 1.29 bits per heavy atom. The van der Waals surface area contributed by atoms with Crippen LogP contribution in [0.25, 0.3) is 0 Å². The molecule has 4 nitrogen and oxygen atoms in total. The molecule has 2 saturated carbocycles. The largest absolute Gasteiger partial charge is 0.298 e. The highest BCUT2D eigenvalue weighted by atomic mass is 16.1. The predicted molar refractivity (Wildman–Crippen MR) is 79.6 cm³/mol. The maximum Gasteiger partial charge on any atom is 0.153 e. The average molecular weight is 285 g/mol. The molecule has 112 valence electrons. The third-order valence-electron chi connectivity index (χ3n) is 5.10. The summed E-state index contributed by atoms with van der Waals surface area (Å²) < 4.78 is 2.06. The van der Waals surface area contributed by atoms with Crippen LogP contribution in [0.5, 0.6) is 0 Å². The summed E-state index contributed by atoms with van der Waals surface area (Å²) in [7, 11) is 0. The van der Waals surface area contributed by atoms with Crippen LogP contribution in [0.15, 0.2) is 12.3 Å². The van der Waals surface area contributed by atoms with Crippen molar-refractivity contribution in [3.05, 3.63) is 18.0 Å². The second-order valence-corrected chi connectivity index (χ2v) is 6.58. The molecule has 0 N–H and O–H groups in total. The minimum absolute atomic E-state index is 0.114. The van der Waals surface area contributed by atoms with Crippen LogP contribution in [0, 0.1) is 16.7 Å². The SMILES string of the molecule is N#CC1(Cc2ccn(C3CCCCC3)n2)CCCCC1=O. The summed E-state index contributed by atoms with van der Waals surface area (Å²) >= 11 is 0. The van der Waals surface area contributed by atoms with Gasteiger partial charge < -0.3 is 0 Å². The Balaban J connectivity index is 1.74. The molecule has 2 fully saturated rings. The van der Waals surface area contributed by atoms with E-state index in [1.165, 1.54) is 32.1 Å². The second kappa shape index (κ2) is 6.01. The fourth-order valence-electron chi connectivity index (χ4n) is 3.77. The first-order valence-electron chi connectivity index (χ1n) is 8.22. The molecule has 21 heavy (non-hydrogen) atoms. The van der Waals surface area contributed by atoms with Crippen molar-refractivity contribution in [2.75, 3.05) is 0 Å². The number of carbonyl (C=O) groups is 1. The zero-order valence-electron chi connectivity index (χ0n) is 12.6. The summed E-state index contributed by atoms with van der Waals surface area (Å²) in [5.74, 6) is 0.114. The van der Waals surface area contributed by atoms with E-state index < -0.39 is 5.41 Å². The van der Waals surface area contributed by atoms with Gasteiger partial charge in [-0.15, -0.1) is 0 Å². The second-order valence-electron chi connectivity index (χ2n) is 6.58. The lowest BCUT2D eigenvalue weighted by Crippen LogP contribution is -2.35. The van der Waals surface area contributed by atoms with Gasteiger partial charge in [0.15, 0.2) is 5.78 Å². The van der Waals surface area contributed by atoms with Crippen LogP contribution in [0.4, 0.5) is 0 Å². The smallest absolute Gasteiger partial charge is 0.153 e. The van der Waals surface area contributed by atoms with E-state index in [0.29, 0.717) is 25.3 Å². The number of carbonyl (C=O) groups excluding carboxylic acids is 1. The highest BCUT2D eigenvalue weighted by molar-refractivity contribution is 5.88. The normalized spacial score (nSPS) is 27.5. The van der Waals surface area contributed by atoms with Gasteiger partial charge in [0.1, 0.15) is 5.41 Å². The van der Waals surface area contributed by atoms with Crippen LogP contribution < -0.4 is 0 Å². The highest BCUT2D eigenvalue weighted by Gasteiger charge is 2.40. The van der Waals surface area contributed by atoms with Crippen molar-refractivity contribution in [1.82, 2.24) is 9.78 Å². The van der Waals surface area contributed by atoms with E-state index >= 15 is 0 Å². The molecule has 2 aliphatic carbocycles. The van der Waals surface area contributed by atoms with E-state index in [-0.39, 0.29) is 5.78 Å². The van der Waals surface area contributed by atoms with Gasteiger partial charge in [-0.25, -0.2) is 0 Å². The van der Waals surface area contributed by atoms with Crippen molar-refractivity contribution in [3.63, 3.8) is 0 Å². The fraction of sp³-hybridized carbons (Fsp3) is 0.706. The third-order valence-corrected chi connectivity index (χ3v) is 5.10. The number of hydrogen-bond acceptors (Lipinski definition) is 3. The Morgan fingerprint density at radius 3 is 2.81 bits per heavy atom. The van der Waals surface area contributed by atoms with Crippen LogP contribution in [-0.2, 0) is 11.2 Å². The molecule has 1 aromatic heterocycles. The van der Waals surface area contributed by atoms with Crippen LogP contribution in [-0.4, -0.2) is 15.6 Å². The Hall–Kier alpha value is -1.63. The van der Waals surface area contributed by atoms with E-state index in [4.69, 9.17) is 0 Å². The van der Waals surface area contributed by atoms with Gasteiger partial charge in [-0.1, -0.05) is 25.7 Å². The van der Waals surface area contributed by atoms with Gasteiger partial charge >= 0.3 is 0 Å². The number of Topliss-reactive ketones (excluding diaryl/α,β-unsaturated/α-hetero) is 1. The van der Waals surface area contributed by atoms with Gasteiger partial charge in [-0.2, -0.15) is 10.4 Å². The number of aromatic nitrogens is 2. The third kappa shape index (κ3) is 2.88. The topological polar surface area (TPSA) is 58.7 Å². The summed E-state index contributed by atoms with van der Waals surface area (Å²) in [6, 6.07) is 4.81. The van der Waals surface area contributed by atoms with E-state index in [9.17, 15) is 10.1 Å². The van der Waals surface area contributed by atoms with E-state index in [1.807, 2.05) is 12.3 Å². The fourth-order valence-corrected chi connectivity index (χ4v) is 3.77. The molecule has 2 aliphatic rings. The summed E-state index contributed by atoms with van der Waals surface area (Å²) in [5.41, 5.74) is 0.0849. The zero-order chi connectivity index (χ0) is 14.7. The van der Waals surface area contributed by atoms with Gasteiger partial charge in [0.05, 0.1) is 17.8 Å². The molecule has 0 bridgehead atoms. The maximum atomic E-state index is 12.2. The van der Waals surface area contributed by atoms with Gasteiger partial charge in [0.25, 0.3) is 0 Å². The van der Waals surface area contributed by atoms with Gasteiger partial charge in [-0.3, -0.25) is 9.48 Å². The molecule has 1 unspecified atom stereocenters. The van der Waals surface area contributed by atoms with Crippen molar-refractivity contribution in [2.24, 2.45) is 5.41 Å². The number of hydrogen-bond donors (Lipinski definition) is 0. The molecular formula is C17H23N3O. The maximum absolute atomic E-state index is 12.2. The minimum atomic E-state index is -0.815. The first kappa shape index (κ1) is 14.3. The highest BCUT2D eigenvalue weighted by Crippen LogP contribution is 2.36. The Morgan fingerprint density at radius 2 is 2.10 bits per heavy atom. The van der Waals surface area contributed by atoms with Gasteiger partial charge in [0, 0.05) is 19.0 Å². The molecule has 1 atom stereocenters. The standard InChI is InChI=1S/C17H23N3O/c18-13-17(10-5-4-8-16(17)21)12-14-9-11-20(19-14)15-6-2-1-3-7-15/h9,11,15H,1-8,10,12H2. The predicted octanol–water partition coefficient (Wildman–Crippen LogP) is 3.58. The minimum Gasteiger partial charge on any atom is -0.298 e. The Kier molecular flexibility index (Phi) is 4.10. The number of nitriles is 1. The van der Waals surface area contributed by atoms with E-state index in [1.54, 1.807) is 0 Å². The Labute approximate surface area is 126 Å². The molecule has 0 aromatic carbocycles. The van der Waals surface area contributed by atoms with E-state index in [2.05, 4.69) is 15.8 Å². The van der Waals surface area contributed by atoms with Crippen LogP contribution >= 0.6 is 0 Å². The lowest BCUT2D eigenvalue weighted by Gasteiger charge is -2.28. The molecule has 3 rings (SSSR count). The number of nitrogens with zero attached hydrogens (tertiary/aromatic N) is 3.